The van der Waals surface area contributed by atoms with Gasteiger partial charge in [-0.2, -0.15) is 5.26 Å². The lowest BCUT2D eigenvalue weighted by molar-refractivity contribution is -0.142. The Bertz CT molecular complexity index is 547. The van der Waals surface area contributed by atoms with Crippen molar-refractivity contribution in [3.8, 4) is 17.6 Å². The summed E-state index contributed by atoms with van der Waals surface area (Å²) in [6.45, 7) is 3.97. The maximum Gasteiger partial charge on any atom is 0.263 e. The van der Waals surface area contributed by atoms with E-state index in [1.807, 2.05) is 6.07 Å². The van der Waals surface area contributed by atoms with Crippen molar-refractivity contribution in [3.05, 3.63) is 23.8 Å². The van der Waals surface area contributed by atoms with Crippen molar-refractivity contribution in [2.75, 3.05) is 33.4 Å². The average Bonchev–Trinajstić information content (AvgIpc) is 2.55. The summed E-state index contributed by atoms with van der Waals surface area (Å²) >= 11 is 0. The second kappa shape index (κ2) is 6.95. The third-order valence-corrected chi connectivity index (χ3v) is 3.27. The van der Waals surface area contributed by atoms with Crippen LogP contribution in [-0.2, 0) is 9.53 Å². The molecule has 1 aromatic carbocycles. The van der Waals surface area contributed by atoms with Crippen molar-refractivity contribution in [3.63, 3.8) is 0 Å². The molecule has 1 aromatic rings. The molecule has 112 valence electrons. The quantitative estimate of drug-likeness (QED) is 0.833. The first-order valence-electron chi connectivity index (χ1n) is 6.77. The van der Waals surface area contributed by atoms with E-state index in [0.717, 1.165) is 0 Å². The number of morpholine rings is 1. The lowest BCUT2D eigenvalue weighted by Gasteiger charge is -2.29. The summed E-state index contributed by atoms with van der Waals surface area (Å²) in [4.78, 5) is 14.0. The van der Waals surface area contributed by atoms with Crippen LogP contribution in [0, 0.1) is 11.3 Å². The van der Waals surface area contributed by atoms with Crippen LogP contribution in [0.5, 0.6) is 11.5 Å². The number of hydrogen-bond acceptors (Lipinski definition) is 5. The highest BCUT2D eigenvalue weighted by molar-refractivity contribution is 5.81. The number of methoxy groups -OCH3 is 1. The molecule has 6 nitrogen and oxygen atoms in total. The van der Waals surface area contributed by atoms with E-state index >= 15 is 0 Å². The SMILES string of the molecule is COc1cc(C#N)ccc1O[C@H](C)C(=O)N1CCOCC1. The van der Waals surface area contributed by atoms with Crippen LogP contribution in [0.2, 0.25) is 0 Å². The molecule has 1 amide bonds. The summed E-state index contributed by atoms with van der Waals surface area (Å²) in [7, 11) is 1.50. The minimum Gasteiger partial charge on any atom is -0.493 e. The smallest absolute Gasteiger partial charge is 0.263 e. The van der Waals surface area contributed by atoms with Crippen LogP contribution in [0.1, 0.15) is 12.5 Å². The molecule has 0 unspecified atom stereocenters. The van der Waals surface area contributed by atoms with E-state index in [-0.39, 0.29) is 5.91 Å². The molecule has 0 spiro atoms. The predicted molar refractivity (Wildman–Crippen MR) is 75.2 cm³/mol. The Hall–Kier alpha value is -2.26. The molecule has 0 N–H and O–H groups in total. The number of nitriles is 1. The number of carbonyl (C=O) groups is 1. The van der Waals surface area contributed by atoms with Crippen LogP contribution in [0.15, 0.2) is 18.2 Å². The fraction of sp³-hybridized carbons (Fsp3) is 0.467. The largest absolute Gasteiger partial charge is 0.493 e. The number of ether oxygens (including phenoxy) is 3. The molecule has 0 saturated carbocycles. The highest BCUT2D eigenvalue weighted by Crippen LogP contribution is 2.29. The molecular weight excluding hydrogens is 272 g/mol. The molecule has 1 heterocycles. The van der Waals surface area contributed by atoms with Gasteiger partial charge < -0.3 is 19.1 Å². The monoisotopic (exact) mass is 290 g/mol. The van der Waals surface area contributed by atoms with Gasteiger partial charge in [0.05, 0.1) is 32.0 Å². The highest BCUT2D eigenvalue weighted by atomic mass is 16.5. The topological polar surface area (TPSA) is 71.8 Å². The first-order chi connectivity index (χ1) is 10.2. The van der Waals surface area contributed by atoms with Gasteiger partial charge in [0.15, 0.2) is 17.6 Å². The van der Waals surface area contributed by atoms with Gasteiger partial charge in [-0.15, -0.1) is 0 Å². The fourth-order valence-electron chi connectivity index (χ4n) is 2.12. The number of rotatable bonds is 4. The van der Waals surface area contributed by atoms with Gasteiger partial charge in [0.2, 0.25) is 0 Å². The van der Waals surface area contributed by atoms with Crippen LogP contribution in [0.3, 0.4) is 0 Å². The maximum atomic E-state index is 12.3. The average molecular weight is 290 g/mol. The van der Waals surface area contributed by atoms with Crippen LogP contribution >= 0.6 is 0 Å². The molecule has 0 bridgehead atoms. The normalized spacial score (nSPS) is 16.0. The zero-order valence-corrected chi connectivity index (χ0v) is 12.2. The third kappa shape index (κ3) is 3.64. The second-order valence-electron chi connectivity index (χ2n) is 4.68. The van der Waals surface area contributed by atoms with Gasteiger partial charge in [-0.3, -0.25) is 4.79 Å². The molecule has 0 aromatic heterocycles. The Kier molecular flexibility index (Phi) is 5.01. The molecule has 1 atom stereocenters. The first-order valence-corrected chi connectivity index (χ1v) is 6.77. The molecule has 1 saturated heterocycles. The molecular formula is C15H18N2O4. The summed E-state index contributed by atoms with van der Waals surface area (Å²) in [6, 6.07) is 6.88. The number of amides is 1. The Morgan fingerprint density at radius 1 is 1.38 bits per heavy atom. The minimum absolute atomic E-state index is 0.0790. The van der Waals surface area contributed by atoms with E-state index in [9.17, 15) is 4.79 Å². The van der Waals surface area contributed by atoms with E-state index in [0.29, 0.717) is 43.4 Å². The standard InChI is InChI=1S/C15H18N2O4/c1-11(15(18)17-5-7-20-8-6-17)21-13-4-3-12(10-16)9-14(13)19-2/h3-4,9,11H,5-8H2,1-2H3/t11-/m1/s1. The maximum absolute atomic E-state index is 12.3. The summed E-state index contributed by atoms with van der Waals surface area (Å²) < 4.78 is 16.1. The van der Waals surface area contributed by atoms with E-state index in [4.69, 9.17) is 19.5 Å². The second-order valence-corrected chi connectivity index (χ2v) is 4.68. The van der Waals surface area contributed by atoms with Gasteiger partial charge in [-0.1, -0.05) is 0 Å². The van der Waals surface area contributed by atoms with Gasteiger partial charge in [0.25, 0.3) is 5.91 Å². The Balaban J connectivity index is 2.06. The molecule has 0 aliphatic carbocycles. The number of carbonyl (C=O) groups excluding carboxylic acids is 1. The Labute approximate surface area is 123 Å². The van der Waals surface area contributed by atoms with Crippen molar-refractivity contribution in [1.82, 2.24) is 4.90 Å². The van der Waals surface area contributed by atoms with Crippen LogP contribution in [-0.4, -0.2) is 50.3 Å². The van der Waals surface area contributed by atoms with Gasteiger partial charge in [-0.25, -0.2) is 0 Å². The molecule has 2 rings (SSSR count). The highest BCUT2D eigenvalue weighted by Gasteiger charge is 2.24. The van der Waals surface area contributed by atoms with E-state index in [1.165, 1.54) is 7.11 Å². The van der Waals surface area contributed by atoms with Crippen molar-refractivity contribution in [1.29, 1.82) is 5.26 Å². The summed E-state index contributed by atoms with van der Waals surface area (Å²) in [5.74, 6) is 0.811. The van der Waals surface area contributed by atoms with Crippen LogP contribution < -0.4 is 9.47 Å². The van der Waals surface area contributed by atoms with Crippen molar-refractivity contribution < 1.29 is 19.0 Å². The van der Waals surface area contributed by atoms with Gasteiger partial charge in [-0.05, 0) is 19.1 Å². The first kappa shape index (κ1) is 15.1. The van der Waals surface area contributed by atoms with Gasteiger partial charge in [0, 0.05) is 19.2 Å². The van der Waals surface area contributed by atoms with E-state index < -0.39 is 6.10 Å². The summed E-state index contributed by atoms with van der Waals surface area (Å²) in [6.07, 6.45) is -0.620. The third-order valence-electron chi connectivity index (χ3n) is 3.27. The molecule has 1 aliphatic rings. The predicted octanol–water partition coefficient (Wildman–Crippen LogP) is 1.19. The lowest BCUT2D eigenvalue weighted by atomic mass is 10.2. The minimum atomic E-state index is -0.620. The fourth-order valence-corrected chi connectivity index (χ4v) is 2.12. The van der Waals surface area contributed by atoms with Crippen LogP contribution in [0.4, 0.5) is 0 Å². The van der Waals surface area contributed by atoms with Crippen molar-refractivity contribution in [2.45, 2.75) is 13.0 Å². The molecule has 1 fully saturated rings. The van der Waals surface area contributed by atoms with Gasteiger partial charge >= 0.3 is 0 Å². The number of hydrogen-bond donors (Lipinski definition) is 0. The summed E-state index contributed by atoms with van der Waals surface area (Å²) in [5.41, 5.74) is 0.478. The van der Waals surface area contributed by atoms with Crippen molar-refractivity contribution in [2.24, 2.45) is 0 Å². The molecule has 6 heteroatoms. The zero-order valence-electron chi connectivity index (χ0n) is 12.2. The number of benzene rings is 1. The van der Waals surface area contributed by atoms with Crippen LogP contribution in [0.25, 0.3) is 0 Å². The summed E-state index contributed by atoms with van der Waals surface area (Å²) in [5, 5.41) is 8.87. The molecule has 21 heavy (non-hydrogen) atoms. The molecule has 0 radical (unpaired) electrons. The van der Waals surface area contributed by atoms with E-state index in [1.54, 1.807) is 30.0 Å². The number of nitrogens with zero attached hydrogens (tertiary/aromatic N) is 2. The zero-order chi connectivity index (χ0) is 15.2. The van der Waals surface area contributed by atoms with Crippen molar-refractivity contribution >= 4 is 5.91 Å². The van der Waals surface area contributed by atoms with E-state index in [2.05, 4.69) is 0 Å². The lowest BCUT2D eigenvalue weighted by Crippen LogP contribution is -2.46. The molecule has 1 aliphatic heterocycles. The Morgan fingerprint density at radius 3 is 2.71 bits per heavy atom. The Morgan fingerprint density at radius 2 is 2.10 bits per heavy atom. The van der Waals surface area contributed by atoms with Gasteiger partial charge in [0.1, 0.15) is 0 Å².